The van der Waals surface area contributed by atoms with Gasteiger partial charge in [0.15, 0.2) is 27.0 Å². The molecule has 8 nitrogen and oxygen atoms in total. The van der Waals surface area contributed by atoms with E-state index in [1.165, 1.54) is 35.0 Å². The zero-order valence-electron chi connectivity index (χ0n) is 14.8. The first-order valence-electron chi connectivity index (χ1n) is 8.37. The maximum atomic E-state index is 11.7. The lowest BCUT2D eigenvalue weighted by molar-refractivity contribution is 0.0687. The van der Waals surface area contributed by atoms with Crippen LogP contribution in [0.25, 0.3) is 16.9 Å². The van der Waals surface area contributed by atoms with Gasteiger partial charge in [-0.25, -0.2) is 17.9 Å². The topological polar surface area (TPSA) is 108 Å². The largest absolute Gasteiger partial charge is 0.486 e. The molecule has 0 fully saturated rings. The molecule has 2 aromatic carbocycles. The molecular weight excluding hydrogens is 384 g/mol. The summed E-state index contributed by atoms with van der Waals surface area (Å²) < 4.78 is 35.6. The lowest BCUT2D eigenvalue weighted by atomic mass is 10.1. The van der Waals surface area contributed by atoms with Crippen LogP contribution in [0.3, 0.4) is 0 Å². The summed E-state index contributed by atoms with van der Waals surface area (Å²) in [6.45, 7) is 0.922. The highest BCUT2D eigenvalue weighted by Crippen LogP contribution is 2.34. The van der Waals surface area contributed by atoms with Crippen LogP contribution >= 0.6 is 0 Å². The number of nitrogens with zero attached hydrogens (tertiary/aromatic N) is 2. The van der Waals surface area contributed by atoms with Gasteiger partial charge in [0, 0.05) is 11.8 Å². The molecule has 28 heavy (non-hydrogen) atoms. The Labute approximate surface area is 160 Å². The number of sulfone groups is 1. The molecule has 0 atom stereocenters. The highest BCUT2D eigenvalue weighted by Gasteiger charge is 2.19. The minimum absolute atomic E-state index is 0.0444. The van der Waals surface area contributed by atoms with Crippen molar-refractivity contribution in [3.05, 3.63) is 54.2 Å². The van der Waals surface area contributed by atoms with Crippen LogP contribution in [0.4, 0.5) is 0 Å². The molecule has 1 N–H and O–H groups in total. The lowest BCUT2D eigenvalue weighted by Crippen LogP contribution is -2.15. The van der Waals surface area contributed by atoms with Gasteiger partial charge in [0.2, 0.25) is 0 Å². The van der Waals surface area contributed by atoms with Gasteiger partial charge < -0.3 is 14.6 Å². The van der Waals surface area contributed by atoms with Crippen LogP contribution in [0.1, 0.15) is 10.5 Å². The molecule has 0 spiro atoms. The van der Waals surface area contributed by atoms with E-state index in [1.54, 1.807) is 18.2 Å². The summed E-state index contributed by atoms with van der Waals surface area (Å²) in [4.78, 5) is 11.8. The summed E-state index contributed by atoms with van der Waals surface area (Å²) in [5.74, 6) is 0.0559. The third kappa shape index (κ3) is 3.31. The molecule has 0 aliphatic carbocycles. The zero-order valence-corrected chi connectivity index (χ0v) is 15.6. The van der Waals surface area contributed by atoms with Crippen LogP contribution in [0.5, 0.6) is 11.5 Å². The number of fused-ring (bicyclic) bond motifs is 1. The predicted molar refractivity (Wildman–Crippen MR) is 100 cm³/mol. The number of carbonyl (C=O) groups is 1. The van der Waals surface area contributed by atoms with Crippen molar-refractivity contribution in [1.82, 2.24) is 9.78 Å². The van der Waals surface area contributed by atoms with Crippen molar-refractivity contribution in [2.24, 2.45) is 0 Å². The first-order valence-corrected chi connectivity index (χ1v) is 10.3. The molecule has 9 heteroatoms. The van der Waals surface area contributed by atoms with E-state index < -0.39 is 15.8 Å². The second kappa shape index (κ2) is 6.68. The third-order valence-electron chi connectivity index (χ3n) is 4.28. The summed E-state index contributed by atoms with van der Waals surface area (Å²) in [5.41, 5.74) is 1.52. The van der Waals surface area contributed by atoms with Crippen molar-refractivity contribution in [3.63, 3.8) is 0 Å². The van der Waals surface area contributed by atoms with Gasteiger partial charge in [-0.15, -0.1) is 0 Å². The Bertz CT molecular complexity index is 1170. The Morgan fingerprint density at radius 3 is 2.36 bits per heavy atom. The summed E-state index contributed by atoms with van der Waals surface area (Å²) in [5, 5.41) is 14.0. The van der Waals surface area contributed by atoms with Crippen LogP contribution in [0, 0.1) is 0 Å². The van der Waals surface area contributed by atoms with Crippen molar-refractivity contribution in [2.75, 3.05) is 19.5 Å². The van der Waals surface area contributed by atoms with E-state index in [2.05, 4.69) is 5.10 Å². The summed E-state index contributed by atoms with van der Waals surface area (Å²) in [7, 11) is -3.35. The molecule has 2 heterocycles. The molecule has 1 aliphatic rings. The molecule has 0 unspecified atom stereocenters. The fourth-order valence-corrected chi connectivity index (χ4v) is 3.54. The number of benzene rings is 2. The number of aromatic nitrogens is 2. The Morgan fingerprint density at radius 2 is 1.71 bits per heavy atom. The molecule has 4 rings (SSSR count). The van der Waals surface area contributed by atoms with Gasteiger partial charge in [0.1, 0.15) is 13.2 Å². The van der Waals surface area contributed by atoms with E-state index in [0.29, 0.717) is 41.7 Å². The quantitative estimate of drug-likeness (QED) is 0.716. The predicted octanol–water partition coefficient (Wildman–Crippen LogP) is 2.41. The van der Waals surface area contributed by atoms with E-state index in [0.717, 1.165) is 6.26 Å². The maximum Gasteiger partial charge on any atom is 0.354 e. The van der Waals surface area contributed by atoms with Gasteiger partial charge in [-0.1, -0.05) is 0 Å². The van der Waals surface area contributed by atoms with Crippen molar-refractivity contribution in [2.45, 2.75) is 4.90 Å². The van der Waals surface area contributed by atoms with E-state index in [9.17, 15) is 18.3 Å². The number of carboxylic acid groups (broad SMARTS) is 1. The minimum atomic E-state index is -3.35. The molecule has 0 saturated heterocycles. The number of hydrogen-bond donors (Lipinski definition) is 1. The molecule has 3 aromatic rings. The smallest absolute Gasteiger partial charge is 0.354 e. The molecule has 1 aliphatic heterocycles. The summed E-state index contributed by atoms with van der Waals surface area (Å²) >= 11 is 0. The third-order valence-corrected chi connectivity index (χ3v) is 5.40. The Morgan fingerprint density at radius 1 is 1.04 bits per heavy atom. The van der Waals surface area contributed by atoms with Gasteiger partial charge in [-0.05, 0) is 48.5 Å². The van der Waals surface area contributed by atoms with Crippen LogP contribution in [-0.4, -0.2) is 48.7 Å². The Balaban J connectivity index is 1.77. The second-order valence-corrected chi connectivity index (χ2v) is 8.27. The van der Waals surface area contributed by atoms with Gasteiger partial charge in [0.05, 0.1) is 16.3 Å². The van der Waals surface area contributed by atoms with E-state index >= 15 is 0 Å². The fraction of sp³-hybridized carbons (Fsp3) is 0.158. The van der Waals surface area contributed by atoms with E-state index in [4.69, 9.17) is 9.47 Å². The first-order chi connectivity index (χ1) is 13.3. The highest BCUT2D eigenvalue weighted by molar-refractivity contribution is 7.90. The molecule has 0 bridgehead atoms. The maximum absolute atomic E-state index is 11.7. The number of aromatic carboxylic acids is 1. The van der Waals surface area contributed by atoms with Gasteiger partial charge in [-0.3, -0.25) is 0 Å². The molecule has 0 saturated carbocycles. The van der Waals surface area contributed by atoms with Crippen molar-refractivity contribution in [1.29, 1.82) is 0 Å². The average molecular weight is 400 g/mol. The van der Waals surface area contributed by atoms with Crippen molar-refractivity contribution in [3.8, 4) is 28.4 Å². The van der Waals surface area contributed by atoms with Gasteiger partial charge in [0.25, 0.3) is 0 Å². The molecule has 0 radical (unpaired) electrons. The lowest BCUT2D eigenvalue weighted by Gasteiger charge is -2.18. The van der Waals surface area contributed by atoms with E-state index in [-0.39, 0.29) is 10.6 Å². The number of hydrogen-bond acceptors (Lipinski definition) is 6. The molecular formula is C19H16N2O6S. The van der Waals surface area contributed by atoms with Crippen LogP contribution in [0.15, 0.2) is 53.4 Å². The second-order valence-electron chi connectivity index (χ2n) is 6.26. The van der Waals surface area contributed by atoms with Crippen LogP contribution in [-0.2, 0) is 9.84 Å². The highest BCUT2D eigenvalue weighted by atomic mass is 32.2. The number of carboxylic acids is 1. The van der Waals surface area contributed by atoms with Crippen molar-refractivity contribution >= 4 is 15.8 Å². The van der Waals surface area contributed by atoms with Gasteiger partial charge >= 0.3 is 5.97 Å². The molecule has 144 valence electrons. The minimum Gasteiger partial charge on any atom is -0.486 e. The molecule has 0 amide bonds. The fourth-order valence-electron chi connectivity index (χ4n) is 2.91. The zero-order chi connectivity index (χ0) is 19.9. The number of rotatable bonds is 4. The van der Waals surface area contributed by atoms with Gasteiger partial charge in [-0.2, -0.15) is 5.10 Å². The first kappa shape index (κ1) is 18.1. The SMILES string of the molecule is CS(=O)(=O)c1ccc(-n2nc(-c3ccc4c(c3)OCCO4)cc2C(=O)O)cc1. The number of ether oxygens (including phenoxy) is 2. The van der Waals surface area contributed by atoms with Crippen LogP contribution in [0.2, 0.25) is 0 Å². The monoisotopic (exact) mass is 400 g/mol. The molecule has 1 aromatic heterocycles. The standard InChI is InChI=1S/C19H16N2O6S/c1-28(24,25)14-5-3-13(4-6-14)21-16(19(22)23)11-15(20-21)12-2-7-17-18(10-12)27-9-8-26-17/h2-7,10-11H,8-9H2,1H3,(H,22,23). The van der Waals surface area contributed by atoms with Crippen LogP contribution < -0.4 is 9.47 Å². The normalized spacial score (nSPS) is 13.3. The summed E-state index contributed by atoms with van der Waals surface area (Å²) in [6.07, 6.45) is 1.11. The van der Waals surface area contributed by atoms with E-state index in [1.807, 2.05) is 0 Å². The Hall–Kier alpha value is -3.33. The van der Waals surface area contributed by atoms with Crippen molar-refractivity contribution < 1.29 is 27.8 Å². The summed E-state index contributed by atoms with van der Waals surface area (Å²) in [6, 6.07) is 12.6. The average Bonchev–Trinajstić information content (AvgIpc) is 3.13. The Kier molecular flexibility index (Phi) is 4.31.